The lowest BCUT2D eigenvalue weighted by molar-refractivity contribution is -0.257. The molecule has 3 nitrogen and oxygen atoms in total. The zero-order valence-corrected chi connectivity index (χ0v) is 14.3. The molecule has 1 amide bonds. The highest BCUT2D eigenvalue weighted by Crippen LogP contribution is 2.58. The van der Waals surface area contributed by atoms with Crippen LogP contribution in [0, 0.1) is 17.3 Å². The van der Waals surface area contributed by atoms with E-state index in [0.29, 0.717) is 19.5 Å². The van der Waals surface area contributed by atoms with Crippen molar-refractivity contribution in [2.45, 2.75) is 57.2 Å². The average molecular weight is 339 g/mol. The molecule has 2 rings (SSSR count). The maximum Gasteiger partial charge on any atom is 0.393 e. The highest BCUT2D eigenvalue weighted by molar-refractivity contribution is 7.86. The lowest BCUT2D eigenvalue weighted by Crippen LogP contribution is -2.60. The van der Waals surface area contributed by atoms with Gasteiger partial charge in [-0.1, -0.05) is 20.8 Å². The fourth-order valence-electron chi connectivity index (χ4n) is 3.91. The lowest BCUT2D eigenvalue weighted by Gasteiger charge is -2.52. The number of carbonyl (C=O) groups is 1. The number of carbonyl (C=O) groups excluding carboxylic acids is 1. The SMILES string of the molecule is CCC1CN(C(=O)C2CC(C)(C)C2C(F)(F)F)CC(C)S1=O. The maximum atomic E-state index is 13.2. The highest BCUT2D eigenvalue weighted by Gasteiger charge is 2.63. The molecule has 0 radical (unpaired) electrons. The van der Waals surface area contributed by atoms with Crippen LogP contribution in [0.4, 0.5) is 13.2 Å². The van der Waals surface area contributed by atoms with Gasteiger partial charge in [-0.3, -0.25) is 9.00 Å². The Morgan fingerprint density at radius 3 is 2.36 bits per heavy atom. The van der Waals surface area contributed by atoms with Crippen molar-refractivity contribution in [3.05, 3.63) is 0 Å². The van der Waals surface area contributed by atoms with Gasteiger partial charge in [0.1, 0.15) is 0 Å². The van der Waals surface area contributed by atoms with E-state index in [9.17, 15) is 22.2 Å². The van der Waals surface area contributed by atoms with E-state index in [-0.39, 0.29) is 16.9 Å². The van der Waals surface area contributed by atoms with E-state index in [0.717, 1.165) is 0 Å². The quantitative estimate of drug-likeness (QED) is 0.776. The third kappa shape index (κ3) is 3.05. The molecule has 0 aromatic carbocycles. The van der Waals surface area contributed by atoms with Crippen LogP contribution in [-0.4, -0.2) is 44.8 Å². The van der Waals surface area contributed by atoms with Crippen molar-refractivity contribution in [3.8, 4) is 0 Å². The van der Waals surface area contributed by atoms with Crippen LogP contribution in [0.1, 0.15) is 40.5 Å². The highest BCUT2D eigenvalue weighted by atomic mass is 32.2. The Balaban J connectivity index is 2.14. The summed E-state index contributed by atoms with van der Waals surface area (Å²) in [5, 5.41) is -0.315. The second-order valence-electron chi connectivity index (χ2n) is 7.23. The van der Waals surface area contributed by atoms with E-state index in [1.807, 2.05) is 6.92 Å². The van der Waals surface area contributed by atoms with Gasteiger partial charge in [-0.2, -0.15) is 13.2 Å². The molecule has 128 valence electrons. The molecule has 1 saturated heterocycles. The molecule has 0 spiro atoms. The summed E-state index contributed by atoms with van der Waals surface area (Å²) < 4.78 is 51.8. The van der Waals surface area contributed by atoms with E-state index in [2.05, 4.69) is 0 Å². The third-order valence-electron chi connectivity index (χ3n) is 5.05. The summed E-state index contributed by atoms with van der Waals surface area (Å²) in [7, 11) is -1.01. The standard InChI is InChI=1S/C15H24F3NO2S/c1-5-10-8-19(7-9(2)22(10)21)13(20)11-6-14(3,4)12(11)15(16,17)18/h9-12H,5-8H2,1-4H3. The monoisotopic (exact) mass is 339 g/mol. The Kier molecular flexibility index (Phi) is 4.68. The fraction of sp³-hybridized carbons (Fsp3) is 0.933. The summed E-state index contributed by atoms with van der Waals surface area (Å²) in [6.07, 6.45) is -3.42. The molecule has 0 aromatic rings. The maximum absolute atomic E-state index is 13.2. The molecular weight excluding hydrogens is 315 g/mol. The Morgan fingerprint density at radius 2 is 1.91 bits per heavy atom. The van der Waals surface area contributed by atoms with Gasteiger partial charge in [-0.15, -0.1) is 0 Å². The predicted octanol–water partition coefficient (Wildman–Crippen LogP) is 2.97. The van der Waals surface area contributed by atoms with Crippen molar-refractivity contribution in [3.63, 3.8) is 0 Å². The molecule has 2 aliphatic rings. The van der Waals surface area contributed by atoms with E-state index in [1.165, 1.54) is 4.90 Å². The first-order chi connectivity index (χ1) is 9.99. The number of halogens is 3. The molecule has 22 heavy (non-hydrogen) atoms. The van der Waals surface area contributed by atoms with Crippen LogP contribution in [-0.2, 0) is 15.6 Å². The topological polar surface area (TPSA) is 37.4 Å². The summed E-state index contributed by atoms with van der Waals surface area (Å²) in [4.78, 5) is 14.1. The van der Waals surface area contributed by atoms with Gasteiger partial charge < -0.3 is 4.90 Å². The van der Waals surface area contributed by atoms with Crippen molar-refractivity contribution in [2.24, 2.45) is 17.3 Å². The number of nitrogens with zero attached hydrogens (tertiary/aromatic N) is 1. The lowest BCUT2D eigenvalue weighted by atomic mass is 9.54. The van der Waals surface area contributed by atoms with Gasteiger partial charge in [0.25, 0.3) is 0 Å². The van der Waals surface area contributed by atoms with Crippen LogP contribution in [0.15, 0.2) is 0 Å². The molecule has 1 saturated carbocycles. The summed E-state index contributed by atoms with van der Waals surface area (Å²) in [6, 6.07) is 0. The van der Waals surface area contributed by atoms with E-state index < -0.39 is 40.1 Å². The number of hydrogen-bond acceptors (Lipinski definition) is 2. The van der Waals surface area contributed by atoms with Crippen molar-refractivity contribution in [2.75, 3.05) is 13.1 Å². The van der Waals surface area contributed by atoms with Crippen LogP contribution in [0.5, 0.6) is 0 Å². The average Bonchev–Trinajstić information content (AvgIpc) is 2.36. The first-order valence-electron chi connectivity index (χ1n) is 7.74. The fourth-order valence-corrected chi connectivity index (χ4v) is 5.55. The van der Waals surface area contributed by atoms with Crippen LogP contribution in [0.3, 0.4) is 0 Å². The zero-order valence-electron chi connectivity index (χ0n) is 13.4. The van der Waals surface area contributed by atoms with Gasteiger partial charge in [0.05, 0.1) is 17.1 Å². The molecule has 1 aliphatic carbocycles. The molecule has 0 N–H and O–H groups in total. The van der Waals surface area contributed by atoms with E-state index in [1.54, 1.807) is 20.8 Å². The smallest absolute Gasteiger partial charge is 0.340 e. The van der Waals surface area contributed by atoms with Crippen molar-refractivity contribution < 1.29 is 22.2 Å². The summed E-state index contributed by atoms with van der Waals surface area (Å²) in [6.45, 7) is 7.44. The Bertz CT molecular complexity index is 468. The molecule has 0 bridgehead atoms. The second-order valence-corrected chi connectivity index (χ2v) is 9.36. The molecule has 2 fully saturated rings. The van der Waals surface area contributed by atoms with Crippen molar-refractivity contribution in [1.82, 2.24) is 4.90 Å². The largest absolute Gasteiger partial charge is 0.393 e. The van der Waals surface area contributed by atoms with E-state index >= 15 is 0 Å². The van der Waals surface area contributed by atoms with Gasteiger partial charge >= 0.3 is 6.18 Å². The van der Waals surface area contributed by atoms with Crippen LogP contribution in [0.25, 0.3) is 0 Å². The molecular formula is C15H24F3NO2S. The van der Waals surface area contributed by atoms with Crippen molar-refractivity contribution >= 4 is 16.7 Å². The third-order valence-corrected chi connectivity index (χ3v) is 7.14. The summed E-state index contributed by atoms with van der Waals surface area (Å²) in [5.74, 6) is -2.97. The number of hydrogen-bond donors (Lipinski definition) is 0. The molecule has 0 aromatic heterocycles. The molecule has 1 heterocycles. The minimum Gasteiger partial charge on any atom is -0.340 e. The van der Waals surface area contributed by atoms with Gasteiger partial charge in [-0.25, -0.2) is 0 Å². The zero-order chi connectivity index (χ0) is 16.9. The minimum atomic E-state index is -4.35. The van der Waals surface area contributed by atoms with Gasteiger partial charge in [0, 0.05) is 29.1 Å². The minimum absolute atomic E-state index is 0.134. The second kappa shape index (κ2) is 5.80. The number of alkyl halides is 3. The summed E-state index contributed by atoms with van der Waals surface area (Å²) >= 11 is 0. The Labute approximate surface area is 132 Å². The van der Waals surface area contributed by atoms with Gasteiger partial charge in [0.15, 0.2) is 0 Å². The number of amides is 1. The Morgan fingerprint density at radius 1 is 1.32 bits per heavy atom. The first-order valence-corrected chi connectivity index (χ1v) is 9.01. The van der Waals surface area contributed by atoms with E-state index in [4.69, 9.17) is 0 Å². The van der Waals surface area contributed by atoms with Gasteiger partial charge in [-0.05, 0) is 25.2 Å². The van der Waals surface area contributed by atoms with Gasteiger partial charge in [0.2, 0.25) is 5.91 Å². The number of rotatable bonds is 2. The van der Waals surface area contributed by atoms with Crippen LogP contribution < -0.4 is 0 Å². The predicted molar refractivity (Wildman–Crippen MR) is 79.7 cm³/mol. The molecule has 5 unspecified atom stereocenters. The Hall–Kier alpha value is -0.590. The first kappa shape index (κ1) is 17.8. The normalized spacial score (nSPS) is 38.5. The molecule has 1 aliphatic heterocycles. The van der Waals surface area contributed by atoms with Crippen LogP contribution >= 0.6 is 0 Å². The van der Waals surface area contributed by atoms with Crippen molar-refractivity contribution in [1.29, 1.82) is 0 Å². The molecule has 7 heteroatoms. The summed E-state index contributed by atoms with van der Waals surface area (Å²) in [5.41, 5.74) is -0.882. The molecule has 5 atom stereocenters. The van der Waals surface area contributed by atoms with Crippen LogP contribution in [0.2, 0.25) is 0 Å².